The molecule has 27 heavy (non-hydrogen) atoms. The van der Waals surface area contributed by atoms with Gasteiger partial charge in [0.1, 0.15) is 10.6 Å². The third kappa shape index (κ3) is 4.63. The molecule has 1 N–H and O–H groups in total. The van der Waals surface area contributed by atoms with Crippen LogP contribution in [-0.2, 0) is 10.0 Å². The highest BCUT2D eigenvalue weighted by Gasteiger charge is 2.30. The van der Waals surface area contributed by atoms with E-state index in [0.29, 0.717) is 30.5 Å². The number of benzene rings is 1. The number of amides is 1. The van der Waals surface area contributed by atoms with Crippen LogP contribution in [0.2, 0.25) is 0 Å². The van der Waals surface area contributed by atoms with Crippen LogP contribution in [0.3, 0.4) is 0 Å². The number of carbonyl (C=O) groups is 1. The zero-order chi connectivity index (χ0) is 20.2. The van der Waals surface area contributed by atoms with E-state index in [9.17, 15) is 13.2 Å². The number of nitrogens with zero attached hydrogens (tertiary/aromatic N) is 1. The lowest BCUT2D eigenvalue weighted by Crippen LogP contribution is -2.43. The molecule has 0 radical (unpaired) electrons. The number of methoxy groups -OCH3 is 1. The third-order valence-electron chi connectivity index (χ3n) is 5.77. The molecule has 0 aromatic heterocycles. The van der Waals surface area contributed by atoms with E-state index < -0.39 is 10.0 Å². The molecule has 0 heterocycles. The van der Waals surface area contributed by atoms with Crippen molar-refractivity contribution in [3.8, 4) is 5.75 Å². The molecule has 3 unspecified atom stereocenters. The average Bonchev–Trinajstić information content (AvgIpc) is 2.65. The minimum atomic E-state index is -3.72. The van der Waals surface area contributed by atoms with Gasteiger partial charge in [-0.1, -0.05) is 40.5 Å². The number of sulfonamides is 1. The first-order valence-electron chi connectivity index (χ1n) is 9.75. The van der Waals surface area contributed by atoms with Crippen LogP contribution in [-0.4, -0.2) is 44.9 Å². The van der Waals surface area contributed by atoms with Crippen molar-refractivity contribution in [3.05, 3.63) is 23.8 Å². The van der Waals surface area contributed by atoms with Gasteiger partial charge in [-0.2, -0.15) is 4.31 Å². The summed E-state index contributed by atoms with van der Waals surface area (Å²) in [5.74, 6) is 0.982. The summed E-state index contributed by atoms with van der Waals surface area (Å²) in [6, 6.07) is 4.72. The molecule has 0 bridgehead atoms. The fourth-order valence-electron chi connectivity index (χ4n) is 3.76. The minimum absolute atomic E-state index is 0.0337. The van der Waals surface area contributed by atoms with Gasteiger partial charge in [0.15, 0.2) is 0 Å². The summed E-state index contributed by atoms with van der Waals surface area (Å²) in [6.45, 7) is 8.67. The normalized spacial score (nSPS) is 23.3. The quantitative estimate of drug-likeness (QED) is 0.767. The van der Waals surface area contributed by atoms with E-state index in [1.807, 2.05) is 0 Å². The Bertz CT molecular complexity index is 759. The van der Waals surface area contributed by atoms with Crippen LogP contribution in [0.5, 0.6) is 5.75 Å². The summed E-state index contributed by atoms with van der Waals surface area (Å²) in [5.41, 5.74) is 0.340. The van der Waals surface area contributed by atoms with Gasteiger partial charge < -0.3 is 10.1 Å². The molecule has 0 saturated heterocycles. The highest BCUT2D eigenvalue weighted by Crippen LogP contribution is 2.31. The van der Waals surface area contributed by atoms with Gasteiger partial charge in [-0.05, 0) is 36.5 Å². The van der Waals surface area contributed by atoms with Crippen LogP contribution in [0.4, 0.5) is 0 Å². The summed E-state index contributed by atoms with van der Waals surface area (Å²) in [4.78, 5) is 12.8. The summed E-state index contributed by atoms with van der Waals surface area (Å²) >= 11 is 0. The minimum Gasteiger partial charge on any atom is -0.495 e. The van der Waals surface area contributed by atoms with E-state index >= 15 is 0 Å². The van der Waals surface area contributed by atoms with Crippen LogP contribution in [0, 0.1) is 11.8 Å². The smallest absolute Gasteiger partial charge is 0.251 e. The first-order valence-corrected chi connectivity index (χ1v) is 11.2. The Morgan fingerprint density at radius 1 is 1.22 bits per heavy atom. The summed E-state index contributed by atoms with van der Waals surface area (Å²) in [5, 5.41) is 3.10. The summed E-state index contributed by atoms with van der Waals surface area (Å²) < 4.78 is 32.5. The summed E-state index contributed by atoms with van der Waals surface area (Å²) in [6.07, 6.45) is 3.24. The second kappa shape index (κ2) is 9.06. The van der Waals surface area contributed by atoms with Crippen molar-refractivity contribution in [3.63, 3.8) is 0 Å². The van der Waals surface area contributed by atoms with Crippen LogP contribution in [0.1, 0.15) is 57.3 Å². The second-order valence-electron chi connectivity index (χ2n) is 7.30. The van der Waals surface area contributed by atoms with Gasteiger partial charge >= 0.3 is 0 Å². The van der Waals surface area contributed by atoms with E-state index in [2.05, 4.69) is 19.2 Å². The average molecular weight is 397 g/mol. The first-order chi connectivity index (χ1) is 12.8. The van der Waals surface area contributed by atoms with Crippen molar-refractivity contribution in [2.24, 2.45) is 11.8 Å². The third-order valence-corrected chi connectivity index (χ3v) is 7.84. The number of rotatable bonds is 7. The maximum absolute atomic E-state index is 12.9. The van der Waals surface area contributed by atoms with Gasteiger partial charge in [0, 0.05) is 24.7 Å². The molecule has 1 fully saturated rings. The van der Waals surface area contributed by atoms with E-state index in [1.165, 1.54) is 23.9 Å². The lowest BCUT2D eigenvalue weighted by Gasteiger charge is -2.34. The molecule has 1 aromatic rings. The van der Waals surface area contributed by atoms with Crippen LogP contribution >= 0.6 is 0 Å². The maximum Gasteiger partial charge on any atom is 0.251 e. The van der Waals surface area contributed by atoms with Crippen molar-refractivity contribution < 1.29 is 17.9 Å². The molecular weight excluding hydrogens is 364 g/mol. The molecule has 1 aliphatic rings. The Morgan fingerprint density at radius 2 is 1.89 bits per heavy atom. The molecule has 1 aliphatic carbocycles. The maximum atomic E-state index is 12.9. The largest absolute Gasteiger partial charge is 0.495 e. The highest BCUT2D eigenvalue weighted by molar-refractivity contribution is 7.89. The van der Waals surface area contributed by atoms with Crippen molar-refractivity contribution >= 4 is 15.9 Å². The van der Waals surface area contributed by atoms with Crippen LogP contribution in [0.25, 0.3) is 0 Å². The van der Waals surface area contributed by atoms with Crippen molar-refractivity contribution in [2.45, 2.75) is 57.9 Å². The highest BCUT2D eigenvalue weighted by atomic mass is 32.2. The lowest BCUT2D eigenvalue weighted by molar-refractivity contribution is 0.0891. The Kier molecular flexibility index (Phi) is 7.28. The predicted molar refractivity (Wildman–Crippen MR) is 107 cm³/mol. The van der Waals surface area contributed by atoms with E-state index in [0.717, 1.165) is 12.8 Å². The van der Waals surface area contributed by atoms with Crippen molar-refractivity contribution in [2.75, 3.05) is 20.2 Å². The zero-order valence-electron chi connectivity index (χ0n) is 17.0. The van der Waals surface area contributed by atoms with Gasteiger partial charge in [0.2, 0.25) is 10.0 Å². The standard InChI is InChI=1S/C20H32N2O4S/c1-6-22(7-2)27(24,25)19-13-16(11-12-18(19)26-5)20(23)21-17-10-8-9-14(3)15(17)4/h11-15,17H,6-10H2,1-5H3,(H,21,23). The molecule has 3 atom stereocenters. The van der Waals surface area contributed by atoms with E-state index in [1.54, 1.807) is 26.0 Å². The molecule has 0 aliphatic heterocycles. The molecule has 7 heteroatoms. The molecule has 6 nitrogen and oxygen atoms in total. The molecule has 1 amide bonds. The topological polar surface area (TPSA) is 75.7 Å². The number of nitrogens with one attached hydrogen (secondary N) is 1. The number of ether oxygens (including phenoxy) is 1. The second-order valence-corrected chi connectivity index (χ2v) is 9.21. The van der Waals surface area contributed by atoms with Crippen LogP contribution in [0.15, 0.2) is 23.1 Å². The van der Waals surface area contributed by atoms with Gasteiger partial charge in [-0.3, -0.25) is 4.79 Å². The molecule has 1 saturated carbocycles. The lowest BCUT2D eigenvalue weighted by atomic mass is 9.78. The Hall–Kier alpha value is -1.60. The fourth-order valence-corrected chi connectivity index (χ4v) is 5.40. The fraction of sp³-hybridized carbons (Fsp3) is 0.650. The van der Waals surface area contributed by atoms with Gasteiger partial charge in [-0.25, -0.2) is 8.42 Å². The molecule has 0 spiro atoms. The van der Waals surface area contributed by atoms with Crippen molar-refractivity contribution in [1.29, 1.82) is 0 Å². The van der Waals surface area contributed by atoms with Gasteiger partial charge in [-0.15, -0.1) is 0 Å². The van der Waals surface area contributed by atoms with Gasteiger partial charge in [0.25, 0.3) is 5.91 Å². The Labute approximate surface area is 163 Å². The van der Waals surface area contributed by atoms with E-state index in [4.69, 9.17) is 4.74 Å². The number of hydrogen-bond donors (Lipinski definition) is 1. The predicted octanol–water partition coefficient (Wildman–Crippen LogP) is 3.28. The van der Waals surface area contributed by atoms with Gasteiger partial charge in [0.05, 0.1) is 7.11 Å². The molecule has 152 valence electrons. The molecule has 1 aromatic carbocycles. The number of carbonyl (C=O) groups excluding carboxylic acids is 1. The SMILES string of the molecule is CCN(CC)S(=O)(=O)c1cc(C(=O)NC2CCCC(C)C2C)ccc1OC. The summed E-state index contributed by atoms with van der Waals surface area (Å²) in [7, 11) is -2.29. The Morgan fingerprint density at radius 3 is 2.48 bits per heavy atom. The monoisotopic (exact) mass is 396 g/mol. The van der Waals surface area contributed by atoms with E-state index in [-0.39, 0.29) is 22.6 Å². The first kappa shape index (κ1) is 21.7. The number of hydrogen-bond acceptors (Lipinski definition) is 4. The van der Waals surface area contributed by atoms with Crippen molar-refractivity contribution in [1.82, 2.24) is 9.62 Å². The molecular formula is C20H32N2O4S. The Balaban J connectivity index is 2.32. The molecule has 2 rings (SSSR count). The van der Waals surface area contributed by atoms with Crippen LogP contribution < -0.4 is 10.1 Å². The zero-order valence-corrected chi connectivity index (χ0v) is 17.8.